The van der Waals surface area contributed by atoms with Gasteiger partial charge in [-0.15, -0.1) is 0 Å². The summed E-state index contributed by atoms with van der Waals surface area (Å²) in [5.41, 5.74) is 0.652. The van der Waals surface area contributed by atoms with Crippen molar-refractivity contribution in [1.29, 1.82) is 0 Å². The Morgan fingerprint density at radius 3 is 2.65 bits per heavy atom. The number of carboxylic acid groups (broad SMARTS) is 1. The van der Waals surface area contributed by atoms with Crippen LogP contribution in [-0.4, -0.2) is 41.5 Å². The molecule has 0 spiro atoms. The first kappa shape index (κ1) is 15.0. The molecule has 1 aliphatic heterocycles. The van der Waals surface area contributed by atoms with Crippen LogP contribution in [0.1, 0.15) is 29.6 Å². The van der Waals surface area contributed by atoms with E-state index in [0.717, 1.165) is 19.6 Å². The summed E-state index contributed by atoms with van der Waals surface area (Å²) in [7, 11) is 0. The van der Waals surface area contributed by atoms with Crippen molar-refractivity contribution in [3.63, 3.8) is 0 Å². The molecule has 1 aromatic rings. The average Bonchev–Trinajstić information content (AvgIpc) is 2.91. The molecule has 1 aromatic carbocycles. The van der Waals surface area contributed by atoms with Gasteiger partial charge in [-0.2, -0.15) is 0 Å². The van der Waals surface area contributed by atoms with Gasteiger partial charge in [-0.05, 0) is 60.1 Å². The Hall–Kier alpha value is -1.40. The predicted octanol–water partition coefficient (Wildman–Crippen LogP) is 2.57. The third-order valence-electron chi connectivity index (χ3n) is 3.33. The molecule has 6 heteroatoms. The Kier molecular flexibility index (Phi) is 5.14. The van der Waals surface area contributed by atoms with E-state index in [0.29, 0.717) is 16.6 Å². The molecule has 1 heterocycles. The van der Waals surface area contributed by atoms with Crippen molar-refractivity contribution in [3.05, 3.63) is 28.2 Å². The molecule has 1 saturated heterocycles. The van der Waals surface area contributed by atoms with E-state index in [1.54, 1.807) is 12.1 Å². The van der Waals surface area contributed by atoms with Crippen LogP contribution in [0.2, 0.25) is 0 Å². The van der Waals surface area contributed by atoms with Gasteiger partial charge in [0.1, 0.15) is 0 Å². The lowest BCUT2D eigenvalue weighted by atomic mass is 10.2. The highest BCUT2D eigenvalue weighted by Gasteiger charge is 2.14. The van der Waals surface area contributed by atoms with Gasteiger partial charge in [0.25, 0.3) is 0 Å². The van der Waals surface area contributed by atoms with Crippen molar-refractivity contribution >= 4 is 33.5 Å². The van der Waals surface area contributed by atoms with Crippen LogP contribution in [0, 0.1) is 0 Å². The highest BCUT2D eigenvalue weighted by molar-refractivity contribution is 9.10. The van der Waals surface area contributed by atoms with Gasteiger partial charge in [-0.25, -0.2) is 4.79 Å². The van der Waals surface area contributed by atoms with E-state index in [-0.39, 0.29) is 11.5 Å². The number of carbonyl (C=O) groups is 2. The molecular formula is C14H17BrN2O3. The second-order valence-corrected chi connectivity index (χ2v) is 5.70. The van der Waals surface area contributed by atoms with Gasteiger partial charge in [0.2, 0.25) is 5.91 Å². The predicted molar refractivity (Wildman–Crippen MR) is 80.0 cm³/mol. The summed E-state index contributed by atoms with van der Waals surface area (Å²) in [6.07, 6.45) is 2.84. The maximum Gasteiger partial charge on any atom is 0.336 e. The summed E-state index contributed by atoms with van der Waals surface area (Å²) < 4.78 is 0.500. The van der Waals surface area contributed by atoms with Crippen LogP contribution < -0.4 is 5.32 Å². The Balaban J connectivity index is 1.90. The minimum absolute atomic E-state index is 0.0874. The minimum atomic E-state index is -1.02. The zero-order chi connectivity index (χ0) is 14.5. The quantitative estimate of drug-likeness (QED) is 0.864. The first-order valence-corrected chi connectivity index (χ1v) is 7.40. The van der Waals surface area contributed by atoms with Crippen LogP contribution in [0.15, 0.2) is 22.7 Å². The van der Waals surface area contributed by atoms with Crippen LogP contribution in [-0.2, 0) is 4.79 Å². The molecule has 0 aliphatic carbocycles. The number of benzene rings is 1. The number of rotatable bonds is 5. The molecule has 0 unspecified atom stereocenters. The Bertz CT molecular complexity index is 513. The minimum Gasteiger partial charge on any atom is -0.478 e. The number of nitrogens with zero attached hydrogens (tertiary/aromatic N) is 1. The zero-order valence-corrected chi connectivity index (χ0v) is 12.6. The number of hydrogen-bond donors (Lipinski definition) is 2. The molecule has 1 aliphatic rings. The molecule has 20 heavy (non-hydrogen) atoms. The Labute approximate surface area is 126 Å². The summed E-state index contributed by atoms with van der Waals surface area (Å²) in [6.45, 7) is 2.89. The number of halogens is 1. The number of hydrogen-bond acceptors (Lipinski definition) is 3. The Morgan fingerprint density at radius 2 is 2.00 bits per heavy atom. The highest BCUT2D eigenvalue weighted by Crippen LogP contribution is 2.21. The number of carboxylic acids is 1. The zero-order valence-electron chi connectivity index (χ0n) is 11.1. The third-order valence-corrected chi connectivity index (χ3v) is 4.03. The van der Waals surface area contributed by atoms with Crippen molar-refractivity contribution in [2.45, 2.75) is 19.3 Å². The van der Waals surface area contributed by atoms with Gasteiger partial charge in [0.05, 0.1) is 5.56 Å². The summed E-state index contributed by atoms with van der Waals surface area (Å²) in [5, 5.41) is 11.8. The van der Waals surface area contributed by atoms with Crippen molar-refractivity contribution < 1.29 is 14.7 Å². The topological polar surface area (TPSA) is 69.6 Å². The number of aromatic carboxylic acids is 1. The van der Waals surface area contributed by atoms with Gasteiger partial charge in [0, 0.05) is 23.1 Å². The summed E-state index contributed by atoms with van der Waals surface area (Å²) in [4.78, 5) is 25.1. The normalized spacial score (nSPS) is 15.2. The van der Waals surface area contributed by atoms with E-state index >= 15 is 0 Å². The van der Waals surface area contributed by atoms with E-state index in [1.165, 1.54) is 18.9 Å². The summed E-state index contributed by atoms with van der Waals surface area (Å²) in [5.74, 6) is -1.11. The lowest BCUT2D eigenvalue weighted by Gasteiger charge is -2.14. The van der Waals surface area contributed by atoms with Crippen LogP contribution in [0.25, 0.3) is 0 Å². The standard InChI is InChI=1S/C14H17BrN2O3/c15-12-4-3-10(9-11(12)14(19)20)16-13(18)5-8-17-6-1-2-7-17/h3-4,9H,1-2,5-8H2,(H,16,18)(H,19,20). The van der Waals surface area contributed by atoms with E-state index in [4.69, 9.17) is 5.11 Å². The largest absolute Gasteiger partial charge is 0.478 e. The summed E-state index contributed by atoms with van der Waals surface area (Å²) >= 11 is 3.17. The number of carbonyl (C=O) groups excluding carboxylic acids is 1. The maximum absolute atomic E-state index is 11.8. The van der Waals surface area contributed by atoms with Crippen molar-refractivity contribution in [2.24, 2.45) is 0 Å². The molecule has 0 radical (unpaired) electrons. The molecule has 2 N–H and O–H groups in total. The highest BCUT2D eigenvalue weighted by atomic mass is 79.9. The number of amides is 1. The van der Waals surface area contributed by atoms with E-state index in [1.807, 2.05) is 0 Å². The second-order valence-electron chi connectivity index (χ2n) is 4.85. The lowest BCUT2D eigenvalue weighted by Crippen LogP contribution is -2.25. The Morgan fingerprint density at radius 1 is 1.30 bits per heavy atom. The smallest absolute Gasteiger partial charge is 0.336 e. The SMILES string of the molecule is O=C(CCN1CCCC1)Nc1ccc(Br)c(C(=O)O)c1. The van der Waals surface area contributed by atoms with E-state index in [9.17, 15) is 9.59 Å². The molecular weight excluding hydrogens is 324 g/mol. The molecule has 5 nitrogen and oxygen atoms in total. The average molecular weight is 341 g/mol. The van der Waals surface area contributed by atoms with Gasteiger partial charge >= 0.3 is 5.97 Å². The second kappa shape index (κ2) is 6.85. The molecule has 2 rings (SSSR count). The first-order valence-electron chi connectivity index (χ1n) is 6.61. The van der Waals surface area contributed by atoms with E-state index in [2.05, 4.69) is 26.1 Å². The van der Waals surface area contributed by atoms with Crippen LogP contribution >= 0.6 is 15.9 Å². The van der Waals surface area contributed by atoms with Gasteiger partial charge in [0.15, 0.2) is 0 Å². The van der Waals surface area contributed by atoms with Gasteiger partial charge in [-0.3, -0.25) is 4.79 Å². The molecule has 108 valence electrons. The van der Waals surface area contributed by atoms with Gasteiger partial charge < -0.3 is 15.3 Å². The number of likely N-dealkylation sites (tertiary alicyclic amines) is 1. The molecule has 1 amide bonds. The van der Waals surface area contributed by atoms with E-state index < -0.39 is 5.97 Å². The van der Waals surface area contributed by atoms with Crippen LogP contribution in [0.3, 0.4) is 0 Å². The monoisotopic (exact) mass is 340 g/mol. The molecule has 0 atom stereocenters. The first-order chi connectivity index (χ1) is 9.56. The lowest BCUT2D eigenvalue weighted by molar-refractivity contribution is -0.116. The molecule has 1 fully saturated rings. The van der Waals surface area contributed by atoms with Crippen molar-refractivity contribution in [1.82, 2.24) is 4.90 Å². The van der Waals surface area contributed by atoms with Crippen molar-refractivity contribution in [3.8, 4) is 0 Å². The fraction of sp³-hybridized carbons (Fsp3) is 0.429. The molecule has 0 saturated carbocycles. The maximum atomic E-state index is 11.8. The molecule has 0 aromatic heterocycles. The number of nitrogens with one attached hydrogen (secondary N) is 1. The van der Waals surface area contributed by atoms with Gasteiger partial charge in [-0.1, -0.05) is 0 Å². The molecule has 0 bridgehead atoms. The fourth-order valence-corrected chi connectivity index (χ4v) is 2.67. The van der Waals surface area contributed by atoms with Crippen LogP contribution in [0.4, 0.5) is 5.69 Å². The summed E-state index contributed by atoms with van der Waals surface area (Å²) in [6, 6.07) is 4.77. The third kappa shape index (κ3) is 4.05. The fourth-order valence-electron chi connectivity index (χ4n) is 2.26. The number of anilines is 1. The van der Waals surface area contributed by atoms with Crippen molar-refractivity contribution in [2.75, 3.05) is 25.0 Å². The van der Waals surface area contributed by atoms with Crippen LogP contribution in [0.5, 0.6) is 0 Å².